The maximum Gasteiger partial charge on any atom is 0.137 e. The maximum atomic E-state index is 13.8. The van der Waals surface area contributed by atoms with Gasteiger partial charge in [-0.1, -0.05) is 45.7 Å². The van der Waals surface area contributed by atoms with E-state index in [2.05, 4.69) is 42.0 Å². The number of hydrogen-bond acceptors (Lipinski definition) is 1. The standard InChI is InChI=1S/C18H29BrFN/c1-4-7-11-18(6-3,14-21-12-5-2)13-15-9-8-10-16(20)17(15)19/h8-10,21H,4-7,11-14H2,1-3H3. The van der Waals surface area contributed by atoms with Gasteiger partial charge in [0.1, 0.15) is 5.82 Å². The molecule has 1 unspecified atom stereocenters. The van der Waals surface area contributed by atoms with Crippen LogP contribution in [0.2, 0.25) is 0 Å². The maximum absolute atomic E-state index is 13.8. The van der Waals surface area contributed by atoms with Crippen LogP contribution in [0.15, 0.2) is 22.7 Å². The van der Waals surface area contributed by atoms with Crippen LogP contribution in [0.4, 0.5) is 4.39 Å². The summed E-state index contributed by atoms with van der Waals surface area (Å²) < 4.78 is 14.4. The number of rotatable bonds is 10. The van der Waals surface area contributed by atoms with Gasteiger partial charge in [-0.3, -0.25) is 0 Å². The summed E-state index contributed by atoms with van der Waals surface area (Å²) in [5.41, 5.74) is 1.31. The zero-order valence-corrected chi connectivity index (χ0v) is 15.2. The predicted molar refractivity (Wildman–Crippen MR) is 93.2 cm³/mol. The van der Waals surface area contributed by atoms with Gasteiger partial charge < -0.3 is 5.32 Å². The fourth-order valence-electron chi connectivity index (χ4n) is 2.84. The summed E-state index contributed by atoms with van der Waals surface area (Å²) in [7, 11) is 0. The molecule has 120 valence electrons. The molecule has 0 bridgehead atoms. The van der Waals surface area contributed by atoms with E-state index in [1.165, 1.54) is 25.3 Å². The average molecular weight is 358 g/mol. The Kier molecular flexibility index (Phi) is 8.50. The third kappa shape index (κ3) is 5.71. The van der Waals surface area contributed by atoms with Gasteiger partial charge in [0.15, 0.2) is 0 Å². The van der Waals surface area contributed by atoms with Crippen LogP contribution in [0.1, 0.15) is 58.4 Å². The molecule has 1 aromatic rings. The molecular weight excluding hydrogens is 329 g/mol. The van der Waals surface area contributed by atoms with Crippen molar-refractivity contribution in [1.82, 2.24) is 5.32 Å². The highest BCUT2D eigenvalue weighted by molar-refractivity contribution is 9.10. The Morgan fingerprint density at radius 3 is 2.57 bits per heavy atom. The van der Waals surface area contributed by atoms with Crippen molar-refractivity contribution >= 4 is 15.9 Å². The molecule has 0 fully saturated rings. The molecule has 1 rings (SSSR count). The first-order valence-electron chi connectivity index (χ1n) is 8.22. The van der Waals surface area contributed by atoms with Gasteiger partial charge in [-0.05, 0) is 65.2 Å². The summed E-state index contributed by atoms with van der Waals surface area (Å²) in [6, 6.07) is 5.38. The third-order valence-corrected chi connectivity index (χ3v) is 5.22. The van der Waals surface area contributed by atoms with E-state index in [-0.39, 0.29) is 11.2 Å². The van der Waals surface area contributed by atoms with Gasteiger partial charge in [-0.25, -0.2) is 4.39 Å². The van der Waals surface area contributed by atoms with Crippen LogP contribution >= 0.6 is 15.9 Å². The Bertz CT molecular complexity index is 422. The lowest BCUT2D eigenvalue weighted by Gasteiger charge is -2.34. The molecule has 0 heterocycles. The van der Waals surface area contributed by atoms with Crippen LogP contribution in [0.25, 0.3) is 0 Å². The van der Waals surface area contributed by atoms with E-state index < -0.39 is 0 Å². The Labute approximate surface area is 137 Å². The molecule has 1 atom stereocenters. The van der Waals surface area contributed by atoms with Gasteiger partial charge in [0.2, 0.25) is 0 Å². The zero-order valence-electron chi connectivity index (χ0n) is 13.6. The number of nitrogens with one attached hydrogen (secondary N) is 1. The molecule has 0 aliphatic heterocycles. The number of unbranched alkanes of at least 4 members (excludes halogenated alkanes) is 1. The largest absolute Gasteiger partial charge is 0.316 e. The first-order chi connectivity index (χ1) is 10.1. The highest BCUT2D eigenvalue weighted by Gasteiger charge is 2.28. The second-order valence-electron chi connectivity index (χ2n) is 6.02. The molecule has 0 aliphatic rings. The highest BCUT2D eigenvalue weighted by atomic mass is 79.9. The highest BCUT2D eigenvalue weighted by Crippen LogP contribution is 2.35. The van der Waals surface area contributed by atoms with Gasteiger partial charge >= 0.3 is 0 Å². The van der Waals surface area contributed by atoms with E-state index in [9.17, 15) is 4.39 Å². The summed E-state index contributed by atoms with van der Waals surface area (Å²) in [6.07, 6.45) is 6.83. The first kappa shape index (κ1) is 18.6. The van der Waals surface area contributed by atoms with Crippen molar-refractivity contribution < 1.29 is 4.39 Å². The number of hydrogen-bond donors (Lipinski definition) is 1. The minimum absolute atomic E-state index is 0.158. The zero-order chi connectivity index (χ0) is 15.7. The molecule has 0 aromatic heterocycles. The van der Waals surface area contributed by atoms with E-state index in [1.807, 2.05) is 12.1 Å². The quantitative estimate of drug-likeness (QED) is 0.528. The second kappa shape index (κ2) is 9.58. The van der Waals surface area contributed by atoms with E-state index >= 15 is 0 Å². The molecule has 0 saturated heterocycles. The van der Waals surface area contributed by atoms with E-state index in [1.54, 1.807) is 0 Å². The minimum Gasteiger partial charge on any atom is -0.316 e. The monoisotopic (exact) mass is 357 g/mol. The predicted octanol–water partition coefficient (Wildman–Crippen LogP) is 5.72. The van der Waals surface area contributed by atoms with Crippen molar-refractivity contribution in [2.75, 3.05) is 13.1 Å². The van der Waals surface area contributed by atoms with Crippen LogP contribution in [0.3, 0.4) is 0 Å². The van der Waals surface area contributed by atoms with E-state index in [0.717, 1.165) is 37.9 Å². The topological polar surface area (TPSA) is 12.0 Å². The second-order valence-corrected chi connectivity index (χ2v) is 6.82. The third-order valence-electron chi connectivity index (χ3n) is 4.33. The van der Waals surface area contributed by atoms with Crippen LogP contribution < -0.4 is 5.32 Å². The van der Waals surface area contributed by atoms with Gasteiger partial charge in [0, 0.05) is 6.54 Å². The van der Waals surface area contributed by atoms with Gasteiger partial charge in [-0.2, -0.15) is 0 Å². The molecule has 0 saturated carbocycles. The Hall–Kier alpha value is -0.410. The summed E-state index contributed by atoms with van der Waals surface area (Å²) in [4.78, 5) is 0. The fraction of sp³-hybridized carbons (Fsp3) is 0.667. The van der Waals surface area contributed by atoms with E-state index in [0.29, 0.717) is 4.47 Å². The van der Waals surface area contributed by atoms with Crippen molar-refractivity contribution in [2.24, 2.45) is 5.41 Å². The number of benzene rings is 1. The normalized spacial score (nSPS) is 14.1. The summed E-state index contributed by atoms with van der Waals surface area (Å²) >= 11 is 3.42. The Balaban J connectivity index is 2.90. The molecule has 1 nitrogen and oxygen atoms in total. The lowest BCUT2D eigenvalue weighted by molar-refractivity contribution is 0.229. The van der Waals surface area contributed by atoms with E-state index in [4.69, 9.17) is 0 Å². The molecule has 0 radical (unpaired) electrons. The van der Waals surface area contributed by atoms with Crippen LogP contribution in [0, 0.1) is 11.2 Å². The molecule has 3 heteroatoms. The number of halogens is 2. The van der Waals surface area contributed by atoms with Crippen LogP contribution in [-0.4, -0.2) is 13.1 Å². The minimum atomic E-state index is -0.158. The smallest absolute Gasteiger partial charge is 0.137 e. The van der Waals surface area contributed by atoms with Gasteiger partial charge in [0.05, 0.1) is 4.47 Å². The van der Waals surface area contributed by atoms with Crippen molar-refractivity contribution in [1.29, 1.82) is 0 Å². The average Bonchev–Trinajstić information content (AvgIpc) is 2.49. The first-order valence-corrected chi connectivity index (χ1v) is 9.01. The molecule has 0 amide bonds. The lowest BCUT2D eigenvalue weighted by atomic mass is 9.75. The molecule has 0 spiro atoms. The van der Waals surface area contributed by atoms with Gasteiger partial charge in [0.25, 0.3) is 0 Å². The van der Waals surface area contributed by atoms with Crippen molar-refractivity contribution in [3.8, 4) is 0 Å². The molecule has 1 N–H and O–H groups in total. The summed E-state index contributed by atoms with van der Waals surface area (Å²) in [5, 5.41) is 3.58. The molecule has 0 aliphatic carbocycles. The fourth-order valence-corrected chi connectivity index (χ4v) is 3.24. The van der Waals surface area contributed by atoms with Crippen LogP contribution in [0.5, 0.6) is 0 Å². The van der Waals surface area contributed by atoms with Crippen LogP contribution in [-0.2, 0) is 6.42 Å². The molecule has 21 heavy (non-hydrogen) atoms. The van der Waals surface area contributed by atoms with Crippen molar-refractivity contribution in [3.05, 3.63) is 34.1 Å². The van der Waals surface area contributed by atoms with Gasteiger partial charge in [-0.15, -0.1) is 0 Å². The SMILES string of the molecule is CCCCC(CC)(CNCCC)Cc1cccc(F)c1Br. The molecule has 1 aromatic carbocycles. The molecular formula is C18H29BrFN. The Morgan fingerprint density at radius 2 is 1.95 bits per heavy atom. The van der Waals surface area contributed by atoms with Crippen molar-refractivity contribution in [3.63, 3.8) is 0 Å². The summed E-state index contributed by atoms with van der Waals surface area (Å²) in [6.45, 7) is 8.75. The Morgan fingerprint density at radius 1 is 1.19 bits per heavy atom. The van der Waals surface area contributed by atoms with Crippen molar-refractivity contribution in [2.45, 2.75) is 59.3 Å². The lowest BCUT2D eigenvalue weighted by Crippen LogP contribution is -2.36. The summed E-state index contributed by atoms with van der Waals surface area (Å²) in [5.74, 6) is -0.158.